The summed E-state index contributed by atoms with van der Waals surface area (Å²) in [5, 5.41) is 13.2. The van der Waals surface area contributed by atoms with Crippen molar-refractivity contribution in [2.24, 2.45) is 0 Å². The number of aliphatic hydroxyl groups excluding tert-OH is 1. The summed E-state index contributed by atoms with van der Waals surface area (Å²) in [7, 11) is 0. The van der Waals surface area contributed by atoms with Crippen molar-refractivity contribution in [3.8, 4) is 0 Å². The molecule has 1 aromatic heterocycles. The molecule has 1 nitrogen and oxygen atoms in total. The molecule has 16 heavy (non-hydrogen) atoms. The Morgan fingerprint density at radius 2 is 2.06 bits per heavy atom. The molecule has 0 amide bonds. The largest absolute Gasteiger partial charge is 0.388 e. The molecule has 0 aliphatic rings. The van der Waals surface area contributed by atoms with Gasteiger partial charge in [-0.05, 0) is 29.6 Å². The number of benzene rings is 1. The molecule has 0 saturated heterocycles. The fourth-order valence-electron chi connectivity index (χ4n) is 1.50. The quantitative estimate of drug-likeness (QED) is 0.882. The van der Waals surface area contributed by atoms with Crippen LogP contribution in [0.4, 0.5) is 0 Å². The van der Waals surface area contributed by atoms with E-state index in [0.29, 0.717) is 22.0 Å². The predicted octanol–water partition coefficient (Wildman–Crippen LogP) is 4.33. The molecule has 0 aliphatic heterocycles. The van der Waals surface area contributed by atoms with Gasteiger partial charge in [-0.25, -0.2) is 0 Å². The fraction of sp³-hybridized carbons (Fsp3) is 0.167. The van der Waals surface area contributed by atoms with E-state index in [1.807, 2.05) is 17.5 Å². The first kappa shape index (κ1) is 11.9. The first-order valence-corrected chi connectivity index (χ1v) is 6.46. The van der Waals surface area contributed by atoms with Gasteiger partial charge in [0.15, 0.2) is 0 Å². The van der Waals surface area contributed by atoms with Crippen molar-refractivity contribution in [3.63, 3.8) is 0 Å². The second kappa shape index (κ2) is 5.19. The Balaban J connectivity index is 2.20. The van der Waals surface area contributed by atoms with Crippen molar-refractivity contribution < 1.29 is 5.11 Å². The normalized spacial score (nSPS) is 12.7. The standard InChI is InChI=1S/C12H10Cl2OS/c13-8-3-4-11(14)10(6-8)12(15)7-9-2-1-5-16-9/h1-6,12,15H,7H2. The van der Waals surface area contributed by atoms with Crippen LogP contribution in [-0.4, -0.2) is 5.11 Å². The van der Waals surface area contributed by atoms with Crippen LogP contribution in [0.2, 0.25) is 10.0 Å². The summed E-state index contributed by atoms with van der Waals surface area (Å²) in [6.45, 7) is 0. The molecule has 2 rings (SSSR count). The maximum atomic E-state index is 10.1. The van der Waals surface area contributed by atoms with Crippen LogP contribution in [0.3, 0.4) is 0 Å². The third-order valence-electron chi connectivity index (χ3n) is 2.29. The van der Waals surface area contributed by atoms with Crippen molar-refractivity contribution in [2.45, 2.75) is 12.5 Å². The minimum Gasteiger partial charge on any atom is -0.388 e. The van der Waals surface area contributed by atoms with Gasteiger partial charge in [0.2, 0.25) is 0 Å². The summed E-state index contributed by atoms with van der Waals surface area (Å²) < 4.78 is 0. The Bertz CT molecular complexity index is 468. The highest BCUT2D eigenvalue weighted by Crippen LogP contribution is 2.29. The van der Waals surface area contributed by atoms with E-state index in [1.54, 1.807) is 29.5 Å². The molecule has 0 aliphatic carbocycles. The average molecular weight is 273 g/mol. The molecular weight excluding hydrogens is 263 g/mol. The van der Waals surface area contributed by atoms with Crippen LogP contribution >= 0.6 is 34.5 Å². The number of rotatable bonds is 3. The van der Waals surface area contributed by atoms with Crippen molar-refractivity contribution >= 4 is 34.5 Å². The van der Waals surface area contributed by atoms with E-state index in [-0.39, 0.29) is 0 Å². The van der Waals surface area contributed by atoms with E-state index in [9.17, 15) is 5.11 Å². The Morgan fingerprint density at radius 3 is 2.75 bits per heavy atom. The molecule has 1 atom stereocenters. The lowest BCUT2D eigenvalue weighted by Gasteiger charge is -2.12. The SMILES string of the molecule is OC(Cc1cccs1)c1cc(Cl)ccc1Cl. The zero-order valence-electron chi connectivity index (χ0n) is 8.36. The highest BCUT2D eigenvalue weighted by Gasteiger charge is 2.13. The minimum atomic E-state index is -0.607. The van der Waals surface area contributed by atoms with E-state index in [2.05, 4.69) is 0 Å². The molecule has 0 spiro atoms. The molecule has 0 fully saturated rings. The molecule has 0 radical (unpaired) electrons. The molecule has 1 aromatic carbocycles. The summed E-state index contributed by atoms with van der Waals surface area (Å²) >= 11 is 13.5. The van der Waals surface area contributed by atoms with E-state index in [1.165, 1.54) is 0 Å². The lowest BCUT2D eigenvalue weighted by molar-refractivity contribution is 0.179. The Kier molecular flexibility index (Phi) is 3.87. The predicted molar refractivity (Wildman–Crippen MR) is 69.4 cm³/mol. The molecule has 1 heterocycles. The summed E-state index contributed by atoms with van der Waals surface area (Å²) in [6, 6.07) is 9.09. The van der Waals surface area contributed by atoms with Crippen molar-refractivity contribution in [1.82, 2.24) is 0 Å². The first-order valence-electron chi connectivity index (χ1n) is 4.82. The third kappa shape index (κ3) is 2.77. The molecular formula is C12H10Cl2OS. The van der Waals surface area contributed by atoms with Gasteiger partial charge in [0, 0.05) is 26.9 Å². The highest BCUT2D eigenvalue weighted by atomic mass is 35.5. The second-order valence-electron chi connectivity index (χ2n) is 3.47. The van der Waals surface area contributed by atoms with Crippen molar-refractivity contribution in [1.29, 1.82) is 0 Å². The number of thiophene rings is 1. The Morgan fingerprint density at radius 1 is 1.25 bits per heavy atom. The van der Waals surface area contributed by atoms with Crippen LogP contribution in [0.5, 0.6) is 0 Å². The summed E-state index contributed by atoms with van der Waals surface area (Å²) in [4.78, 5) is 1.13. The van der Waals surface area contributed by atoms with Gasteiger partial charge < -0.3 is 5.11 Å². The van der Waals surface area contributed by atoms with Gasteiger partial charge >= 0.3 is 0 Å². The van der Waals surface area contributed by atoms with Gasteiger partial charge in [0.25, 0.3) is 0 Å². The molecule has 1 unspecified atom stereocenters. The van der Waals surface area contributed by atoms with Crippen LogP contribution in [-0.2, 0) is 6.42 Å². The minimum absolute atomic E-state index is 0.549. The number of aliphatic hydroxyl groups is 1. The molecule has 2 aromatic rings. The zero-order valence-corrected chi connectivity index (χ0v) is 10.7. The van der Waals surface area contributed by atoms with E-state index < -0.39 is 6.10 Å². The van der Waals surface area contributed by atoms with E-state index in [4.69, 9.17) is 23.2 Å². The van der Waals surface area contributed by atoms with Crippen LogP contribution in [0.15, 0.2) is 35.7 Å². The molecule has 0 saturated carbocycles. The maximum absolute atomic E-state index is 10.1. The first-order chi connectivity index (χ1) is 7.66. The topological polar surface area (TPSA) is 20.2 Å². The van der Waals surface area contributed by atoms with E-state index in [0.717, 1.165) is 4.88 Å². The van der Waals surface area contributed by atoms with Gasteiger partial charge in [-0.2, -0.15) is 0 Å². The monoisotopic (exact) mass is 272 g/mol. The number of halogens is 2. The van der Waals surface area contributed by atoms with Gasteiger partial charge in [0.05, 0.1) is 6.10 Å². The van der Waals surface area contributed by atoms with E-state index >= 15 is 0 Å². The zero-order chi connectivity index (χ0) is 11.5. The summed E-state index contributed by atoms with van der Waals surface area (Å²) in [5.41, 5.74) is 0.683. The van der Waals surface area contributed by atoms with Crippen LogP contribution in [0, 0.1) is 0 Å². The van der Waals surface area contributed by atoms with Gasteiger partial charge in [-0.3, -0.25) is 0 Å². The second-order valence-corrected chi connectivity index (χ2v) is 5.34. The fourth-order valence-corrected chi connectivity index (χ4v) is 2.67. The molecule has 4 heteroatoms. The number of hydrogen-bond donors (Lipinski definition) is 1. The van der Waals surface area contributed by atoms with Crippen LogP contribution < -0.4 is 0 Å². The smallest absolute Gasteiger partial charge is 0.0853 e. The maximum Gasteiger partial charge on any atom is 0.0853 e. The Labute approximate surface area is 108 Å². The lowest BCUT2D eigenvalue weighted by Crippen LogP contribution is -2.01. The van der Waals surface area contributed by atoms with Gasteiger partial charge in [-0.15, -0.1) is 11.3 Å². The van der Waals surface area contributed by atoms with Crippen molar-refractivity contribution in [3.05, 3.63) is 56.2 Å². The van der Waals surface area contributed by atoms with Gasteiger partial charge in [0.1, 0.15) is 0 Å². The van der Waals surface area contributed by atoms with Crippen molar-refractivity contribution in [2.75, 3.05) is 0 Å². The third-order valence-corrected chi connectivity index (χ3v) is 3.77. The average Bonchev–Trinajstić information content (AvgIpc) is 2.74. The lowest BCUT2D eigenvalue weighted by atomic mass is 10.1. The Hall–Kier alpha value is -0.540. The highest BCUT2D eigenvalue weighted by molar-refractivity contribution is 7.09. The van der Waals surface area contributed by atoms with Gasteiger partial charge in [-0.1, -0.05) is 29.3 Å². The molecule has 0 bridgehead atoms. The number of hydrogen-bond acceptors (Lipinski definition) is 2. The van der Waals surface area contributed by atoms with Crippen LogP contribution in [0.1, 0.15) is 16.5 Å². The summed E-state index contributed by atoms with van der Waals surface area (Å²) in [5.74, 6) is 0. The van der Waals surface area contributed by atoms with Crippen LogP contribution in [0.25, 0.3) is 0 Å². The molecule has 84 valence electrons. The summed E-state index contributed by atoms with van der Waals surface area (Å²) in [6.07, 6.45) is -0.0394. The molecule has 1 N–H and O–H groups in total.